The second kappa shape index (κ2) is 13.9. The van der Waals surface area contributed by atoms with Crippen LogP contribution in [0.15, 0.2) is 11.1 Å². The Balaban J connectivity index is 1.84. The molecule has 0 aromatic heterocycles. The molecule has 6 N–H and O–H groups in total. The van der Waals surface area contributed by atoms with E-state index in [1.165, 1.54) is 13.8 Å². The molecule has 15 heteroatoms. The molecular formula is C36H57NO14. The van der Waals surface area contributed by atoms with Gasteiger partial charge in [0.05, 0.1) is 24.9 Å². The van der Waals surface area contributed by atoms with Gasteiger partial charge in [-0.05, 0) is 51.2 Å². The summed E-state index contributed by atoms with van der Waals surface area (Å²) in [5.74, 6) is -4.14. The molecule has 15 nitrogen and oxygen atoms in total. The molecule has 1 amide bonds. The molecule has 1 heterocycles. The third-order valence-electron chi connectivity index (χ3n) is 11.5. The van der Waals surface area contributed by atoms with Gasteiger partial charge < -0.3 is 54.5 Å². The first-order chi connectivity index (χ1) is 23.2. The fourth-order valence-corrected chi connectivity index (χ4v) is 8.99. The van der Waals surface area contributed by atoms with Crippen LogP contribution >= 0.6 is 0 Å². The van der Waals surface area contributed by atoms with Crippen molar-refractivity contribution in [3.8, 4) is 0 Å². The molecule has 290 valence electrons. The molecule has 1 saturated heterocycles. The molecule has 0 radical (unpaired) electrons. The van der Waals surface area contributed by atoms with Gasteiger partial charge in [0.1, 0.15) is 29.5 Å². The van der Waals surface area contributed by atoms with Gasteiger partial charge in [0.15, 0.2) is 17.8 Å². The Bertz CT molecular complexity index is 1420. The Morgan fingerprint density at radius 1 is 1.00 bits per heavy atom. The Kier molecular flexibility index (Phi) is 11.1. The highest BCUT2D eigenvalue weighted by atomic mass is 16.6. The number of carbonyl (C=O) groups is 4. The summed E-state index contributed by atoms with van der Waals surface area (Å²) in [4.78, 5) is 51.6. The van der Waals surface area contributed by atoms with E-state index in [-0.39, 0.29) is 36.5 Å². The monoisotopic (exact) mass is 727 g/mol. The summed E-state index contributed by atoms with van der Waals surface area (Å²) in [6, 6.07) is -1.13. The molecule has 51 heavy (non-hydrogen) atoms. The smallest absolute Gasteiger partial charge is 0.407 e. The van der Waals surface area contributed by atoms with Crippen molar-refractivity contribution in [2.75, 3.05) is 6.61 Å². The van der Waals surface area contributed by atoms with Crippen LogP contribution in [0.5, 0.6) is 0 Å². The van der Waals surface area contributed by atoms with E-state index in [9.17, 15) is 44.7 Å². The minimum absolute atomic E-state index is 0.0795. The third-order valence-corrected chi connectivity index (χ3v) is 11.5. The molecule has 2 bridgehead atoms. The lowest BCUT2D eigenvalue weighted by atomic mass is 9.44. The SMILES string of the molecule is CC(=O)O[C@H]1C2=C(C)[C@@H](OC(=O)C(O)[C@H](CC(C)C)NC(=O)OC(C)(C)C)C[C@@](O)([C@@H](O)[C@@H]3[C@]4(OC(C)=O)CO[C@@H]4C[C@H](O)[C@@]3(C)[C@H]1O)C2(C)C. The standard InChI is InChI=1S/C36H57NO14/c1-16(2)12-20(37-31(45)51-32(6,7)8)25(41)30(44)49-21-14-36(46)29(43)27-34(11,22(40)13-23-35(27,15-47-23)50-19(5)39)28(42)26(48-18(4)38)24(17(21)3)33(36,9)10/h16,20-23,25-29,40-43,46H,12-15H2,1-11H3,(H,37,45)/t20-,21-,22-,23+,25?,26-,27-,28-,29-,34+,35-,36+/m0/s1. The van der Waals surface area contributed by atoms with Gasteiger partial charge in [-0.15, -0.1) is 0 Å². The zero-order valence-electron chi connectivity index (χ0n) is 31.5. The Morgan fingerprint density at radius 2 is 1.61 bits per heavy atom. The molecule has 1 aliphatic heterocycles. The van der Waals surface area contributed by atoms with E-state index in [4.69, 9.17) is 23.7 Å². The van der Waals surface area contributed by atoms with Gasteiger partial charge in [0.2, 0.25) is 0 Å². The van der Waals surface area contributed by atoms with Crippen molar-refractivity contribution < 1.29 is 68.4 Å². The van der Waals surface area contributed by atoms with Crippen LogP contribution in [0.1, 0.15) is 95.4 Å². The maximum absolute atomic E-state index is 13.7. The van der Waals surface area contributed by atoms with E-state index in [1.54, 1.807) is 41.5 Å². The van der Waals surface area contributed by atoms with E-state index >= 15 is 0 Å². The van der Waals surface area contributed by atoms with Crippen LogP contribution in [0.3, 0.4) is 0 Å². The van der Waals surface area contributed by atoms with Crippen molar-refractivity contribution in [2.45, 2.75) is 161 Å². The first kappa shape index (κ1) is 40.9. The molecule has 4 aliphatic rings. The van der Waals surface area contributed by atoms with E-state index in [1.807, 2.05) is 13.8 Å². The van der Waals surface area contributed by atoms with Crippen LogP contribution in [0.25, 0.3) is 0 Å². The summed E-state index contributed by atoms with van der Waals surface area (Å²) in [5.41, 5.74) is -7.54. The second-order valence-corrected chi connectivity index (χ2v) is 17.0. The summed E-state index contributed by atoms with van der Waals surface area (Å²) in [6.45, 7) is 17.0. The minimum Gasteiger partial charge on any atom is -0.456 e. The van der Waals surface area contributed by atoms with Crippen molar-refractivity contribution in [2.24, 2.45) is 22.7 Å². The Morgan fingerprint density at radius 3 is 2.10 bits per heavy atom. The maximum atomic E-state index is 13.7. The number of esters is 3. The molecule has 0 aromatic rings. The number of rotatable bonds is 8. The number of amides is 1. The molecule has 3 fully saturated rings. The van der Waals surface area contributed by atoms with E-state index in [2.05, 4.69) is 5.32 Å². The molecular weight excluding hydrogens is 670 g/mol. The van der Waals surface area contributed by atoms with Crippen LogP contribution in [0, 0.1) is 22.7 Å². The predicted octanol–water partition coefficient (Wildman–Crippen LogP) is 1.43. The molecule has 2 saturated carbocycles. The Labute approximate surface area is 299 Å². The number of aliphatic hydroxyl groups excluding tert-OH is 4. The average molecular weight is 728 g/mol. The van der Waals surface area contributed by atoms with Gasteiger partial charge in [-0.2, -0.15) is 0 Å². The largest absolute Gasteiger partial charge is 0.456 e. The van der Waals surface area contributed by atoms with E-state index < -0.39 is 113 Å². The predicted molar refractivity (Wildman–Crippen MR) is 179 cm³/mol. The van der Waals surface area contributed by atoms with Gasteiger partial charge in [0, 0.05) is 43.4 Å². The van der Waals surface area contributed by atoms with Crippen LogP contribution < -0.4 is 5.32 Å². The van der Waals surface area contributed by atoms with Gasteiger partial charge in [0.25, 0.3) is 0 Å². The van der Waals surface area contributed by atoms with Gasteiger partial charge in [-0.3, -0.25) is 9.59 Å². The third kappa shape index (κ3) is 7.01. The first-order valence-electron chi connectivity index (χ1n) is 17.6. The van der Waals surface area contributed by atoms with Crippen molar-refractivity contribution in [3.05, 3.63) is 11.1 Å². The number of carbonyl (C=O) groups excluding carboxylic acids is 4. The lowest BCUT2D eigenvalue weighted by Crippen LogP contribution is -2.82. The van der Waals surface area contributed by atoms with Crippen molar-refractivity contribution in [1.82, 2.24) is 5.32 Å². The number of ether oxygens (including phenoxy) is 5. The van der Waals surface area contributed by atoms with Crippen LogP contribution in [0.4, 0.5) is 4.79 Å². The number of alkyl carbamates (subject to hydrolysis) is 1. The number of hydrogen-bond donors (Lipinski definition) is 6. The topological polar surface area (TPSA) is 228 Å². The Hall–Kier alpha value is -2.82. The number of fused-ring (bicyclic) bond motifs is 5. The van der Waals surface area contributed by atoms with Crippen molar-refractivity contribution >= 4 is 24.0 Å². The molecule has 0 spiro atoms. The molecule has 0 aromatic carbocycles. The maximum Gasteiger partial charge on any atom is 0.407 e. The van der Waals surface area contributed by atoms with Crippen molar-refractivity contribution in [1.29, 1.82) is 0 Å². The minimum atomic E-state index is -2.25. The zero-order valence-corrected chi connectivity index (χ0v) is 31.5. The molecule has 12 atom stereocenters. The average Bonchev–Trinajstić information content (AvgIpc) is 2.96. The van der Waals surface area contributed by atoms with Gasteiger partial charge in [-0.1, -0.05) is 34.6 Å². The second-order valence-electron chi connectivity index (χ2n) is 17.0. The summed E-state index contributed by atoms with van der Waals surface area (Å²) in [7, 11) is 0. The number of aliphatic hydroxyl groups is 5. The fourth-order valence-electron chi connectivity index (χ4n) is 8.99. The molecule has 4 rings (SSSR count). The summed E-state index contributed by atoms with van der Waals surface area (Å²) in [5, 5.41) is 63.1. The quantitative estimate of drug-likeness (QED) is 0.118. The van der Waals surface area contributed by atoms with Gasteiger partial charge >= 0.3 is 24.0 Å². The van der Waals surface area contributed by atoms with Crippen molar-refractivity contribution in [3.63, 3.8) is 0 Å². The zero-order chi connectivity index (χ0) is 38.8. The normalized spacial score (nSPS) is 38.4. The van der Waals surface area contributed by atoms with E-state index in [0.717, 1.165) is 6.92 Å². The van der Waals surface area contributed by atoms with Crippen LogP contribution in [0.2, 0.25) is 0 Å². The summed E-state index contributed by atoms with van der Waals surface area (Å²) < 4.78 is 28.6. The van der Waals surface area contributed by atoms with E-state index in [0.29, 0.717) is 0 Å². The molecule has 1 unspecified atom stereocenters. The lowest BCUT2D eigenvalue weighted by Gasteiger charge is -2.68. The highest BCUT2D eigenvalue weighted by molar-refractivity contribution is 5.77. The highest BCUT2D eigenvalue weighted by Crippen LogP contribution is 2.64. The van der Waals surface area contributed by atoms with Crippen LogP contribution in [-0.2, 0) is 38.1 Å². The van der Waals surface area contributed by atoms with Crippen LogP contribution in [-0.4, -0.2) is 122 Å². The number of nitrogens with one attached hydrogen (secondary N) is 1. The first-order valence-corrected chi connectivity index (χ1v) is 17.6. The molecule has 3 aliphatic carbocycles. The number of hydrogen-bond acceptors (Lipinski definition) is 14. The highest BCUT2D eigenvalue weighted by Gasteiger charge is 2.77. The summed E-state index contributed by atoms with van der Waals surface area (Å²) >= 11 is 0. The fraction of sp³-hybridized carbons (Fsp3) is 0.833. The summed E-state index contributed by atoms with van der Waals surface area (Å²) in [6.07, 6.45) is -11.9. The van der Waals surface area contributed by atoms with Gasteiger partial charge in [-0.25, -0.2) is 9.59 Å². The lowest BCUT2D eigenvalue weighted by molar-refractivity contribution is -0.365.